The van der Waals surface area contributed by atoms with E-state index in [1.165, 1.54) is 19.2 Å². The topological polar surface area (TPSA) is 102 Å². The number of aryl methyl sites for hydroxylation is 2. The summed E-state index contributed by atoms with van der Waals surface area (Å²) in [4.78, 5) is 24.1. The number of ether oxygens (including phenoxy) is 1. The molecule has 2 aromatic rings. The van der Waals surface area contributed by atoms with Gasteiger partial charge in [-0.15, -0.1) is 0 Å². The number of amides is 1. The summed E-state index contributed by atoms with van der Waals surface area (Å²) in [6, 6.07) is 9.17. The molecule has 0 aliphatic rings. The Labute approximate surface area is 162 Å². The van der Waals surface area contributed by atoms with Crippen molar-refractivity contribution in [1.82, 2.24) is 4.72 Å². The number of anilines is 1. The molecular formula is C18H19ClN2O5S. The third-order valence-electron chi connectivity index (χ3n) is 3.58. The molecule has 7 nitrogen and oxygen atoms in total. The molecule has 144 valence electrons. The van der Waals surface area contributed by atoms with Crippen LogP contribution in [0, 0.1) is 13.8 Å². The maximum Gasteiger partial charge on any atom is 0.340 e. The van der Waals surface area contributed by atoms with Crippen molar-refractivity contribution < 1.29 is 22.7 Å². The van der Waals surface area contributed by atoms with Crippen molar-refractivity contribution in [3.8, 4) is 0 Å². The highest BCUT2D eigenvalue weighted by Crippen LogP contribution is 2.21. The Kier molecular flexibility index (Phi) is 6.59. The molecule has 0 unspecified atom stereocenters. The third-order valence-corrected chi connectivity index (χ3v) is 5.32. The summed E-state index contributed by atoms with van der Waals surface area (Å²) in [5.41, 5.74) is 2.41. The van der Waals surface area contributed by atoms with Crippen LogP contribution >= 0.6 is 11.6 Å². The molecular weight excluding hydrogens is 392 g/mol. The quantitative estimate of drug-likeness (QED) is 0.713. The molecule has 0 saturated carbocycles. The molecule has 0 atom stereocenters. The summed E-state index contributed by atoms with van der Waals surface area (Å²) in [5.74, 6) is -1.42. The summed E-state index contributed by atoms with van der Waals surface area (Å²) in [5, 5.41) is 2.65. The summed E-state index contributed by atoms with van der Waals surface area (Å²) in [6.45, 7) is 3.26. The number of carbonyl (C=O) groups is 2. The Balaban J connectivity index is 2.07. The van der Waals surface area contributed by atoms with Gasteiger partial charge in [-0.2, -0.15) is 0 Å². The van der Waals surface area contributed by atoms with Gasteiger partial charge >= 0.3 is 5.97 Å². The number of hydrogen-bond donors (Lipinski definition) is 2. The number of nitrogens with one attached hydrogen (secondary N) is 2. The van der Waals surface area contributed by atoms with Gasteiger partial charge in [-0.25, -0.2) is 17.9 Å². The number of sulfonamides is 1. The van der Waals surface area contributed by atoms with Crippen LogP contribution in [0.2, 0.25) is 5.02 Å². The first-order chi connectivity index (χ1) is 12.6. The van der Waals surface area contributed by atoms with E-state index in [1.54, 1.807) is 12.1 Å². The number of esters is 1. The highest BCUT2D eigenvalue weighted by Gasteiger charge is 2.19. The highest BCUT2D eigenvalue weighted by molar-refractivity contribution is 7.89. The van der Waals surface area contributed by atoms with Gasteiger partial charge in [-0.1, -0.05) is 17.7 Å². The maximum absolute atomic E-state index is 12.2. The molecule has 0 aliphatic carbocycles. The van der Waals surface area contributed by atoms with Gasteiger partial charge in [0.05, 0.1) is 15.5 Å². The van der Waals surface area contributed by atoms with Gasteiger partial charge in [0.15, 0.2) is 6.61 Å². The molecule has 0 fully saturated rings. The second-order valence-electron chi connectivity index (χ2n) is 5.85. The first-order valence-electron chi connectivity index (χ1n) is 7.91. The Morgan fingerprint density at radius 1 is 1.07 bits per heavy atom. The third kappa shape index (κ3) is 5.53. The normalized spacial score (nSPS) is 11.1. The number of rotatable bonds is 6. The minimum absolute atomic E-state index is 0.0183. The van der Waals surface area contributed by atoms with Crippen LogP contribution in [0.3, 0.4) is 0 Å². The van der Waals surface area contributed by atoms with Crippen LogP contribution in [0.25, 0.3) is 0 Å². The zero-order valence-electron chi connectivity index (χ0n) is 15.0. The second kappa shape index (κ2) is 8.51. The number of halogens is 1. The molecule has 0 bridgehead atoms. The molecule has 2 rings (SSSR count). The molecule has 0 spiro atoms. The fourth-order valence-electron chi connectivity index (χ4n) is 2.40. The van der Waals surface area contributed by atoms with Crippen LogP contribution in [0.1, 0.15) is 21.5 Å². The average molecular weight is 411 g/mol. The fourth-order valence-corrected chi connectivity index (χ4v) is 3.35. The Hall–Kier alpha value is -2.42. The molecule has 0 heterocycles. The Morgan fingerprint density at radius 2 is 1.70 bits per heavy atom. The van der Waals surface area contributed by atoms with Gasteiger partial charge < -0.3 is 10.1 Å². The van der Waals surface area contributed by atoms with Gasteiger partial charge in [0, 0.05) is 5.69 Å². The largest absolute Gasteiger partial charge is 0.452 e. The maximum atomic E-state index is 12.2. The predicted molar refractivity (Wildman–Crippen MR) is 103 cm³/mol. The van der Waals surface area contributed by atoms with E-state index in [-0.39, 0.29) is 15.5 Å². The van der Waals surface area contributed by atoms with E-state index in [4.69, 9.17) is 16.3 Å². The van der Waals surface area contributed by atoms with Crippen molar-refractivity contribution in [3.05, 3.63) is 58.1 Å². The molecule has 0 aliphatic heterocycles. The molecule has 27 heavy (non-hydrogen) atoms. The summed E-state index contributed by atoms with van der Waals surface area (Å²) in [7, 11) is -2.50. The van der Waals surface area contributed by atoms with Crippen molar-refractivity contribution in [2.24, 2.45) is 0 Å². The van der Waals surface area contributed by atoms with Crippen LogP contribution in [0.5, 0.6) is 0 Å². The minimum atomic E-state index is -3.75. The predicted octanol–water partition coefficient (Wildman–Crippen LogP) is 2.66. The summed E-state index contributed by atoms with van der Waals surface area (Å²) in [6.07, 6.45) is 0. The van der Waals surface area contributed by atoms with Crippen molar-refractivity contribution in [2.75, 3.05) is 19.0 Å². The standard InChI is InChI=1S/C18H19ClN2O5S/c1-11-6-12(2)8-13(7-11)21-17(22)10-26-18(23)15-9-14(4-5-16(15)19)27(24,25)20-3/h4-9,20H,10H2,1-3H3,(H,21,22). The van der Waals surface area contributed by atoms with Gasteiger partial charge in [0.2, 0.25) is 10.0 Å². The molecule has 0 radical (unpaired) electrons. The second-order valence-corrected chi connectivity index (χ2v) is 8.14. The lowest BCUT2D eigenvalue weighted by Gasteiger charge is -2.10. The van der Waals surface area contributed by atoms with Crippen LogP contribution < -0.4 is 10.0 Å². The molecule has 0 saturated heterocycles. The van der Waals surface area contributed by atoms with Crippen LogP contribution in [0.15, 0.2) is 41.3 Å². The summed E-state index contributed by atoms with van der Waals surface area (Å²) < 4.78 is 30.8. The Bertz CT molecular complexity index is 969. The van der Waals surface area contributed by atoms with E-state index >= 15 is 0 Å². The van der Waals surface area contributed by atoms with E-state index in [9.17, 15) is 18.0 Å². The molecule has 9 heteroatoms. The number of carbonyl (C=O) groups excluding carboxylic acids is 2. The lowest BCUT2D eigenvalue weighted by Crippen LogP contribution is -2.22. The van der Waals surface area contributed by atoms with E-state index in [0.29, 0.717) is 5.69 Å². The van der Waals surface area contributed by atoms with Crippen LogP contribution in [0.4, 0.5) is 5.69 Å². The lowest BCUT2D eigenvalue weighted by atomic mass is 10.1. The van der Waals surface area contributed by atoms with Crippen molar-refractivity contribution in [1.29, 1.82) is 0 Å². The molecule has 2 N–H and O–H groups in total. The zero-order chi connectivity index (χ0) is 20.2. The average Bonchev–Trinajstić information content (AvgIpc) is 2.59. The molecule has 0 aromatic heterocycles. The zero-order valence-corrected chi connectivity index (χ0v) is 16.6. The SMILES string of the molecule is CNS(=O)(=O)c1ccc(Cl)c(C(=O)OCC(=O)Nc2cc(C)cc(C)c2)c1. The molecule has 2 aromatic carbocycles. The smallest absolute Gasteiger partial charge is 0.340 e. The van der Waals surface area contributed by atoms with Crippen molar-refractivity contribution >= 4 is 39.2 Å². The lowest BCUT2D eigenvalue weighted by molar-refractivity contribution is -0.119. The van der Waals surface area contributed by atoms with Crippen LogP contribution in [-0.2, 0) is 19.6 Å². The first-order valence-corrected chi connectivity index (χ1v) is 9.77. The Morgan fingerprint density at radius 3 is 2.30 bits per heavy atom. The monoisotopic (exact) mass is 410 g/mol. The number of benzene rings is 2. The van der Waals surface area contributed by atoms with Gasteiger partial charge in [-0.05, 0) is 62.4 Å². The van der Waals surface area contributed by atoms with E-state index in [1.807, 2.05) is 19.9 Å². The fraction of sp³-hybridized carbons (Fsp3) is 0.222. The van der Waals surface area contributed by atoms with E-state index < -0.39 is 28.5 Å². The van der Waals surface area contributed by atoms with Crippen molar-refractivity contribution in [3.63, 3.8) is 0 Å². The van der Waals surface area contributed by atoms with Crippen molar-refractivity contribution in [2.45, 2.75) is 18.7 Å². The van der Waals surface area contributed by atoms with Crippen LogP contribution in [-0.4, -0.2) is 33.9 Å². The van der Waals surface area contributed by atoms with E-state index in [0.717, 1.165) is 17.2 Å². The molecule has 1 amide bonds. The van der Waals surface area contributed by atoms with E-state index in [2.05, 4.69) is 10.0 Å². The minimum Gasteiger partial charge on any atom is -0.452 e. The van der Waals surface area contributed by atoms with Gasteiger partial charge in [0.1, 0.15) is 0 Å². The van der Waals surface area contributed by atoms with Gasteiger partial charge in [-0.3, -0.25) is 4.79 Å². The highest BCUT2D eigenvalue weighted by atomic mass is 35.5. The first kappa shape index (κ1) is 20.9. The summed E-state index contributed by atoms with van der Waals surface area (Å²) >= 11 is 5.95. The number of hydrogen-bond acceptors (Lipinski definition) is 5. The van der Waals surface area contributed by atoms with Gasteiger partial charge in [0.25, 0.3) is 5.91 Å².